The summed E-state index contributed by atoms with van der Waals surface area (Å²) in [5.74, 6) is 0.0954. The number of rotatable bonds is 6. The van der Waals surface area contributed by atoms with Gasteiger partial charge in [0.1, 0.15) is 0 Å². The van der Waals surface area contributed by atoms with Crippen molar-refractivity contribution in [2.24, 2.45) is 0 Å². The lowest BCUT2D eigenvalue weighted by atomic mass is 9.85. The molecule has 0 aromatic carbocycles. The number of aliphatic hydroxyl groups is 1. The zero-order chi connectivity index (χ0) is 26.9. The smallest absolute Gasteiger partial charge is 0.391 e. The Bertz CT molecular complexity index is 1280. The molecule has 12 heteroatoms. The molecule has 2 fully saturated rings. The number of hydrogen-bond donors (Lipinski definition) is 2. The van der Waals surface area contributed by atoms with Crippen LogP contribution in [0, 0.1) is 0 Å². The molecule has 1 aliphatic carbocycles. The highest BCUT2D eigenvalue weighted by molar-refractivity contribution is 5.96. The van der Waals surface area contributed by atoms with E-state index in [0.29, 0.717) is 50.2 Å². The predicted octanol–water partition coefficient (Wildman–Crippen LogP) is 4.04. The van der Waals surface area contributed by atoms with Crippen molar-refractivity contribution in [1.29, 1.82) is 0 Å². The number of halogens is 3. The average molecular weight is 533 g/mol. The molecule has 1 saturated heterocycles. The number of aliphatic hydroxyl groups excluding tert-OH is 1. The van der Waals surface area contributed by atoms with Crippen molar-refractivity contribution in [1.82, 2.24) is 24.5 Å². The van der Waals surface area contributed by atoms with Crippen molar-refractivity contribution >= 4 is 17.4 Å². The van der Waals surface area contributed by atoms with Crippen LogP contribution in [0.4, 0.5) is 19.1 Å². The molecule has 0 unspecified atom stereocenters. The van der Waals surface area contributed by atoms with Gasteiger partial charge in [-0.2, -0.15) is 13.2 Å². The molecule has 1 saturated carbocycles. The number of aromatic nitrogens is 4. The van der Waals surface area contributed by atoms with Gasteiger partial charge < -0.3 is 20.1 Å². The maximum absolute atomic E-state index is 13.1. The van der Waals surface area contributed by atoms with Crippen LogP contribution < -0.4 is 5.32 Å². The van der Waals surface area contributed by atoms with E-state index in [1.165, 1.54) is 6.92 Å². The second kappa shape index (κ2) is 10.9. The lowest BCUT2D eigenvalue weighted by molar-refractivity contribution is -0.136. The average Bonchev–Trinajstić information content (AvgIpc) is 3.27. The maximum Gasteiger partial charge on any atom is 0.391 e. The lowest BCUT2D eigenvalue weighted by Crippen LogP contribution is -2.40. The third-order valence-electron chi connectivity index (χ3n) is 7.17. The number of hydrogen-bond acceptors (Lipinski definition) is 7. The number of pyridine rings is 1. The monoisotopic (exact) mass is 532 g/mol. The molecule has 1 atom stereocenters. The van der Waals surface area contributed by atoms with Gasteiger partial charge in [0, 0.05) is 54.3 Å². The minimum Gasteiger partial charge on any atom is -0.393 e. The number of alkyl halides is 3. The standard InChI is InChI=1S/C26H31F3N6O3/c1-16(12-26(27,28)29)32-25-31-15-23-21(11-22(35(23)33-25)17-2-4-20(36)5-3-17)18-10-19(14-30-13-18)24(37)34-6-8-38-9-7-34/h10-11,13-17,20,36H,2-9,12H2,1H3,(H,32,33)/t16-,17?,20?/m0/s1. The third kappa shape index (κ3) is 5.91. The van der Waals surface area contributed by atoms with E-state index >= 15 is 0 Å². The zero-order valence-corrected chi connectivity index (χ0v) is 21.1. The van der Waals surface area contributed by atoms with Crippen molar-refractivity contribution in [3.05, 3.63) is 42.0 Å². The molecule has 38 heavy (non-hydrogen) atoms. The molecular weight excluding hydrogens is 501 g/mol. The van der Waals surface area contributed by atoms with E-state index in [0.717, 1.165) is 29.7 Å². The quantitative estimate of drug-likeness (QED) is 0.494. The summed E-state index contributed by atoms with van der Waals surface area (Å²) in [4.78, 5) is 23.4. The maximum atomic E-state index is 13.1. The Kier molecular flexibility index (Phi) is 7.53. The number of ether oxygens (including phenoxy) is 1. The van der Waals surface area contributed by atoms with E-state index in [4.69, 9.17) is 4.74 Å². The SMILES string of the molecule is C[C@@H](CC(F)(F)F)Nc1ncc2c(-c3cncc(C(=O)N4CCOCC4)c3)cc(C3CCC(O)CC3)n2n1. The second-order valence-corrected chi connectivity index (χ2v) is 10.1. The molecule has 1 aliphatic heterocycles. The van der Waals surface area contributed by atoms with E-state index in [9.17, 15) is 23.1 Å². The Balaban J connectivity index is 1.51. The second-order valence-electron chi connectivity index (χ2n) is 10.1. The van der Waals surface area contributed by atoms with Crippen molar-refractivity contribution in [2.45, 2.75) is 63.3 Å². The molecule has 3 aromatic rings. The van der Waals surface area contributed by atoms with Gasteiger partial charge in [-0.25, -0.2) is 9.50 Å². The Morgan fingerprint density at radius 3 is 2.61 bits per heavy atom. The highest BCUT2D eigenvalue weighted by Gasteiger charge is 2.31. The fraction of sp³-hybridized carbons (Fsp3) is 0.538. The number of carbonyl (C=O) groups excluding carboxylic acids is 1. The number of amides is 1. The van der Waals surface area contributed by atoms with Gasteiger partial charge in [-0.15, -0.1) is 5.10 Å². The molecule has 3 aromatic heterocycles. The Morgan fingerprint density at radius 1 is 1.16 bits per heavy atom. The number of fused-ring (bicyclic) bond motifs is 1. The Morgan fingerprint density at radius 2 is 1.89 bits per heavy atom. The topological polar surface area (TPSA) is 105 Å². The molecule has 0 bridgehead atoms. The predicted molar refractivity (Wildman–Crippen MR) is 134 cm³/mol. The fourth-order valence-electron chi connectivity index (χ4n) is 5.25. The first-order chi connectivity index (χ1) is 18.2. The number of morpholine rings is 1. The number of anilines is 1. The minimum absolute atomic E-state index is 0.0999. The van der Waals surface area contributed by atoms with Gasteiger partial charge in [0.2, 0.25) is 5.95 Å². The lowest BCUT2D eigenvalue weighted by Gasteiger charge is -2.26. The van der Waals surface area contributed by atoms with Crippen LogP contribution in [0.1, 0.15) is 61.0 Å². The van der Waals surface area contributed by atoms with Crippen LogP contribution in [0.3, 0.4) is 0 Å². The Labute approximate surface area is 218 Å². The molecule has 204 valence electrons. The van der Waals surface area contributed by atoms with Crippen LogP contribution in [0.15, 0.2) is 30.7 Å². The molecule has 4 heterocycles. The van der Waals surface area contributed by atoms with Gasteiger partial charge in [0.15, 0.2) is 0 Å². The van der Waals surface area contributed by atoms with Crippen LogP contribution in [0.2, 0.25) is 0 Å². The molecule has 9 nitrogen and oxygen atoms in total. The highest BCUT2D eigenvalue weighted by atomic mass is 19.4. The molecule has 2 N–H and O–H groups in total. The van der Waals surface area contributed by atoms with E-state index in [2.05, 4.69) is 20.4 Å². The van der Waals surface area contributed by atoms with Gasteiger partial charge >= 0.3 is 6.18 Å². The van der Waals surface area contributed by atoms with Crippen LogP contribution in [-0.2, 0) is 4.74 Å². The van der Waals surface area contributed by atoms with Gasteiger partial charge in [-0.3, -0.25) is 9.78 Å². The fourth-order valence-corrected chi connectivity index (χ4v) is 5.25. The summed E-state index contributed by atoms with van der Waals surface area (Å²) in [6.07, 6.45) is 2.02. The number of nitrogens with zero attached hydrogens (tertiary/aromatic N) is 5. The summed E-state index contributed by atoms with van der Waals surface area (Å²) in [5.41, 5.74) is 3.52. The molecule has 0 radical (unpaired) electrons. The number of carbonyl (C=O) groups is 1. The summed E-state index contributed by atoms with van der Waals surface area (Å²) in [5, 5.41) is 17.3. The summed E-state index contributed by atoms with van der Waals surface area (Å²) in [6.45, 7) is 3.47. The highest BCUT2D eigenvalue weighted by Crippen LogP contribution is 2.38. The normalized spacial score (nSPS) is 21.4. The minimum atomic E-state index is -4.30. The van der Waals surface area contributed by atoms with Crippen molar-refractivity contribution in [3.8, 4) is 11.1 Å². The van der Waals surface area contributed by atoms with Gasteiger partial charge in [0.25, 0.3) is 5.91 Å². The van der Waals surface area contributed by atoms with Crippen LogP contribution in [0.25, 0.3) is 16.6 Å². The first kappa shape index (κ1) is 26.4. The van der Waals surface area contributed by atoms with Gasteiger partial charge in [-0.05, 0) is 44.7 Å². The van der Waals surface area contributed by atoms with Crippen LogP contribution in [0.5, 0.6) is 0 Å². The summed E-state index contributed by atoms with van der Waals surface area (Å²) >= 11 is 0. The zero-order valence-electron chi connectivity index (χ0n) is 21.1. The van der Waals surface area contributed by atoms with Gasteiger partial charge in [0.05, 0.1) is 43.0 Å². The van der Waals surface area contributed by atoms with Gasteiger partial charge in [-0.1, -0.05) is 0 Å². The van der Waals surface area contributed by atoms with E-state index < -0.39 is 18.6 Å². The molecule has 5 rings (SSSR count). The summed E-state index contributed by atoms with van der Waals surface area (Å²) < 4.78 is 45.6. The van der Waals surface area contributed by atoms with Crippen molar-refractivity contribution in [2.75, 3.05) is 31.6 Å². The summed E-state index contributed by atoms with van der Waals surface area (Å²) in [6, 6.07) is 2.89. The first-order valence-corrected chi connectivity index (χ1v) is 12.9. The molecular formula is C26H31F3N6O3. The van der Waals surface area contributed by atoms with Crippen molar-refractivity contribution in [3.63, 3.8) is 0 Å². The summed E-state index contributed by atoms with van der Waals surface area (Å²) in [7, 11) is 0. The van der Waals surface area contributed by atoms with E-state index in [1.807, 2.05) is 6.07 Å². The number of nitrogens with one attached hydrogen (secondary N) is 1. The third-order valence-corrected chi connectivity index (χ3v) is 7.17. The molecule has 2 aliphatic rings. The first-order valence-electron chi connectivity index (χ1n) is 12.9. The molecule has 1 amide bonds. The van der Waals surface area contributed by atoms with Crippen LogP contribution in [-0.4, -0.2) is 80.1 Å². The van der Waals surface area contributed by atoms with E-state index in [-0.39, 0.29) is 23.9 Å². The van der Waals surface area contributed by atoms with E-state index in [1.54, 1.807) is 34.1 Å². The Hall–Kier alpha value is -3.25. The molecule has 0 spiro atoms. The van der Waals surface area contributed by atoms with Crippen LogP contribution >= 0.6 is 0 Å². The largest absolute Gasteiger partial charge is 0.393 e. The van der Waals surface area contributed by atoms with Crippen molar-refractivity contribution < 1.29 is 27.8 Å².